The zero-order valence-electron chi connectivity index (χ0n) is 10.8. The van der Waals surface area contributed by atoms with Crippen LogP contribution in [0.25, 0.3) is 0 Å². The molecule has 104 valence electrons. The maximum Gasteiger partial charge on any atom is 0.303 e. The lowest BCUT2D eigenvalue weighted by Gasteiger charge is -1.95. The Morgan fingerprint density at radius 1 is 0.895 bits per heavy atom. The molecule has 0 aliphatic rings. The molecule has 2 N–H and O–H groups in total. The van der Waals surface area contributed by atoms with Crippen LogP contribution in [0.5, 0.6) is 0 Å². The maximum absolute atomic E-state index is 10.2. The number of ketones is 1. The molecule has 0 bridgehead atoms. The third kappa shape index (κ3) is 12.1. The number of rotatable bonds is 6. The summed E-state index contributed by atoms with van der Waals surface area (Å²) in [4.78, 5) is 30.0. The summed E-state index contributed by atoms with van der Waals surface area (Å²) in [5, 5.41) is 16.4. The van der Waals surface area contributed by atoms with Crippen LogP contribution in [-0.4, -0.2) is 27.9 Å². The number of aryl methyl sites for hydroxylation is 1. The molecule has 19 heavy (non-hydrogen) atoms. The number of Topliss-reactive ketones (excluding diaryl/α,β-unsaturated/α-hetero) is 1. The van der Waals surface area contributed by atoms with Crippen molar-refractivity contribution in [3.63, 3.8) is 0 Å². The minimum atomic E-state index is -0.916. The number of hydrogen-bond donors (Lipinski definition) is 2. The molecule has 0 saturated heterocycles. The monoisotopic (exact) mass is 266 g/mol. The van der Waals surface area contributed by atoms with Gasteiger partial charge >= 0.3 is 11.9 Å². The fourth-order valence-corrected chi connectivity index (χ4v) is 1.18. The van der Waals surface area contributed by atoms with Crippen molar-refractivity contribution in [3.8, 4) is 0 Å². The molecule has 0 atom stereocenters. The lowest BCUT2D eigenvalue weighted by atomic mass is 10.1. The van der Waals surface area contributed by atoms with Gasteiger partial charge in [-0.15, -0.1) is 0 Å². The number of benzene rings is 1. The summed E-state index contributed by atoms with van der Waals surface area (Å²) in [5.41, 5.74) is 1.08. The van der Waals surface area contributed by atoms with Gasteiger partial charge in [0.05, 0.1) is 6.42 Å². The average molecular weight is 266 g/mol. The van der Waals surface area contributed by atoms with Crippen LogP contribution in [0.15, 0.2) is 30.3 Å². The molecule has 0 aromatic heterocycles. The van der Waals surface area contributed by atoms with Crippen LogP contribution in [0.2, 0.25) is 0 Å². The second-order valence-corrected chi connectivity index (χ2v) is 3.98. The molecule has 0 saturated carbocycles. The summed E-state index contributed by atoms with van der Waals surface area (Å²) in [7, 11) is 0. The largest absolute Gasteiger partial charge is 0.481 e. The molecule has 0 fully saturated rings. The average Bonchev–Trinajstić information content (AvgIpc) is 2.36. The zero-order chi connectivity index (χ0) is 14.7. The molecule has 5 heteroatoms. The maximum atomic E-state index is 10.2. The Labute approximate surface area is 111 Å². The Balaban J connectivity index is 0.000000362. The van der Waals surface area contributed by atoms with Gasteiger partial charge in [-0.2, -0.15) is 0 Å². The van der Waals surface area contributed by atoms with Gasteiger partial charge in [-0.25, -0.2) is 0 Å². The lowest BCUT2D eigenvalue weighted by Crippen LogP contribution is -1.98. The number of carbonyl (C=O) groups excluding carboxylic acids is 1. The van der Waals surface area contributed by atoms with E-state index in [2.05, 4.69) is 0 Å². The van der Waals surface area contributed by atoms with Gasteiger partial charge < -0.3 is 15.0 Å². The summed E-state index contributed by atoms with van der Waals surface area (Å²) in [6, 6.07) is 9.62. The Kier molecular flexibility index (Phi) is 8.70. The van der Waals surface area contributed by atoms with E-state index in [9.17, 15) is 14.4 Å². The Hall–Kier alpha value is -2.17. The standard InChI is InChI=1S/C9H10O2.C5H8O3/c10-9(11)7-6-8-4-2-1-3-5-8;1-4(6)2-3-5(7)8/h1-5H,6-7H2,(H,10,11);2-3H2,1H3,(H,7,8). The highest BCUT2D eigenvalue weighted by molar-refractivity contribution is 5.80. The van der Waals surface area contributed by atoms with Gasteiger partial charge in [0.1, 0.15) is 5.78 Å². The van der Waals surface area contributed by atoms with Gasteiger partial charge in [0.15, 0.2) is 0 Å². The smallest absolute Gasteiger partial charge is 0.303 e. The summed E-state index contributed by atoms with van der Waals surface area (Å²) in [6.07, 6.45) is 0.935. The molecule has 0 spiro atoms. The first kappa shape index (κ1) is 16.8. The van der Waals surface area contributed by atoms with E-state index in [-0.39, 0.29) is 25.0 Å². The predicted molar refractivity (Wildman–Crippen MR) is 69.9 cm³/mol. The normalized spacial score (nSPS) is 9.11. The summed E-state index contributed by atoms with van der Waals surface area (Å²) in [5.74, 6) is -1.73. The molecule has 1 rings (SSSR count). The van der Waals surface area contributed by atoms with Crippen molar-refractivity contribution in [1.29, 1.82) is 0 Å². The predicted octanol–water partition coefficient (Wildman–Crippen LogP) is 2.14. The zero-order valence-corrected chi connectivity index (χ0v) is 10.8. The molecule has 0 aliphatic carbocycles. The molecule has 1 aromatic carbocycles. The fourth-order valence-electron chi connectivity index (χ4n) is 1.18. The van der Waals surface area contributed by atoms with Crippen LogP contribution in [0.1, 0.15) is 31.7 Å². The quantitative estimate of drug-likeness (QED) is 0.823. The van der Waals surface area contributed by atoms with Gasteiger partial charge in [-0.3, -0.25) is 9.59 Å². The number of carboxylic acid groups (broad SMARTS) is 2. The Morgan fingerprint density at radius 2 is 1.42 bits per heavy atom. The molecule has 5 nitrogen and oxygen atoms in total. The fraction of sp³-hybridized carbons (Fsp3) is 0.357. The van der Waals surface area contributed by atoms with Crippen molar-refractivity contribution in [1.82, 2.24) is 0 Å². The van der Waals surface area contributed by atoms with Crippen molar-refractivity contribution in [2.75, 3.05) is 0 Å². The second-order valence-electron chi connectivity index (χ2n) is 3.98. The number of aliphatic carboxylic acids is 2. The molecule has 0 radical (unpaired) electrons. The number of carboxylic acids is 2. The van der Waals surface area contributed by atoms with Crippen molar-refractivity contribution in [2.45, 2.75) is 32.6 Å². The highest BCUT2D eigenvalue weighted by Crippen LogP contribution is 2.01. The SMILES string of the molecule is CC(=O)CCC(=O)O.O=C(O)CCc1ccccc1. The number of hydrogen-bond acceptors (Lipinski definition) is 3. The van der Waals surface area contributed by atoms with Gasteiger partial charge in [0.25, 0.3) is 0 Å². The number of carbonyl (C=O) groups is 3. The molecule has 0 amide bonds. The Bertz CT molecular complexity index is 397. The Morgan fingerprint density at radius 3 is 1.79 bits per heavy atom. The van der Waals surface area contributed by atoms with Crippen LogP contribution < -0.4 is 0 Å². The summed E-state index contributed by atoms with van der Waals surface area (Å²) >= 11 is 0. The summed E-state index contributed by atoms with van der Waals surface area (Å²) in [6.45, 7) is 1.38. The van der Waals surface area contributed by atoms with Crippen molar-refractivity contribution >= 4 is 17.7 Å². The van der Waals surface area contributed by atoms with Crippen LogP contribution >= 0.6 is 0 Å². The van der Waals surface area contributed by atoms with E-state index in [1.165, 1.54) is 6.92 Å². The molecule has 1 aromatic rings. The van der Waals surface area contributed by atoms with E-state index >= 15 is 0 Å². The van der Waals surface area contributed by atoms with Gasteiger partial charge in [-0.05, 0) is 18.9 Å². The van der Waals surface area contributed by atoms with E-state index in [1.54, 1.807) is 0 Å². The van der Waals surface area contributed by atoms with Crippen LogP contribution in [0.3, 0.4) is 0 Å². The molecule has 0 unspecified atom stereocenters. The third-order valence-corrected chi connectivity index (χ3v) is 2.16. The minimum Gasteiger partial charge on any atom is -0.481 e. The lowest BCUT2D eigenvalue weighted by molar-refractivity contribution is -0.138. The van der Waals surface area contributed by atoms with Crippen molar-refractivity contribution in [2.24, 2.45) is 0 Å². The second kappa shape index (κ2) is 9.82. The van der Waals surface area contributed by atoms with Crippen LogP contribution in [0, 0.1) is 0 Å². The van der Waals surface area contributed by atoms with Crippen molar-refractivity contribution < 1.29 is 24.6 Å². The highest BCUT2D eigenvalue weighted by Gasteiger charge is 1.98. The van der Waals surface area contributed by atoms with Crippen molar-refractivity contribution in [3.05, 3.63) is 35.9 Å². The molecular formula is C14H18O5. The van der Waals surface area contributed by atoms with Crippen LogP contribution in [0.4, 0.5) is 0 Å². The van der Waals surface area contributed by atoms with E-state index in [0.717, 1.165) is 5.56 Å². The van der Waals surface area contributed by atoms with E-state index in [1.807, 2.05) is 30.3 Å². The molecule has 0 aliphatic heterocycles. The van der Waals surface area contributed by atoms with E-state index < -0.39 is 11.9 Å². The summed E-state index contributed by atoms with van der Waals surface area (Å²) < 4.78 is 0. The van der Waals surface area contributed by atoms with Gasteiger partial charge in [-0.1, -0.05) is 30.3 Å². The van der Waals surface area contributed by atoms with Gasteiger partial charge in [0.2, 0.25) is 0 Å². The van der Waals surface area contributed by atoms with Gasteiger partial charge in [0, 0.05) is 12.8 Å². The first-order chi connectivity index (χ1) is 8.91. The molecular weight excluding hydrogens is 248 g/mol. The topological polar surface area (TPSA) is 91.7 Å². The minimum absolute atomic E-state index is 0.0463. The van der Waals surface area contributed by atoms with Crippen LogP contribution in [-0.2, 0) is 20.8 Å². The molecule has 0 heterocycles. The van der Waals surface area contributed by atoms with E-state index in [0.29, 0.717) is 6.42 Å². The first-order valence-electron chi connectivity index (χ1n) is 5.88. The third-order valence-electron chi connectivity index (χ3n) is 2.16. The highest BCUT2D eigenvalue weighted by atomic mass is 16.4. The first-order valence-corrected chi connectivity index (χ1v) is 5.88. The van der Waals surface area contributed by atoms with E-state index in [4.69, 9.17) is 10.2 Å².